The molecule has 0 aliphatic carbocycles. The molecule has 0 amide bonds. The van der Waals surface area contributed by atoms with E-state index in [2.05, 4.69) is 18.9 Å². The van der Waals surface area contributed by atoms with E-state index in [1.807, 2.05) is 30.8 Å². The van der Waals surface area contributed by atoms with E-state index in [-0.39, 0.29) is 5.56 Å². The predicted octanol–water partition coefficient (Wildman–Crippen LogP) is 3.36. The van der Waals surface area contributed by atoms with Crippen LogP contribution in [0.5, 0.6) is 5.75 Å². The molecule has 21 heavy (non-hydrogen) atoms. The molecule has 1 N–H and O–H groups in total. The van der Waals surface area contributed by atoms with Gasteiger partial charge in [-0.3, -0.25) is 4.68 Å². The molecule has 0 saturated carbocycles. The fraction of sp³-hybridized carbons (Fsp3) is 0.375. The zero-order valence-electron chi connectivity index (χ0n) is 12.8. The van der Waals surface area contributed by atoms with Gasteiger partial charge in [0.1, 0.15) is 12.4 Å². The molecule has 0 atom stereocenters. The fourth-order valence-corrected chi connectivity index (χ4v) is 2.19. The van der Waals surface area contributed by atoms with Crippen LogP contribution in [0.4, 0.5) is 0 Å². The summed E-state index contributed by atoms with van der Waals surface area (Å²) in [4.78, 5) is 11.0. The highest BCUT2D eigenvalue weighted by Gasteiger charge is 2.11. The van der Waals surface area contributed by atoms with Crippen molar-refractivity contribution in [1.82, 2.24) is 9.78 Å². The zero-order valence-corrected chi connectivity index (χ0v) is 12.8. The van der Waals surface area contributed by atoms with E-state index >= 15 is 0 Å². The summed E-state index contributed by atoms with van der Waals surface area (Å²) >= 11 is 0. The number of nitrogens with zero attached hydrogens (tertiary/aromatic N) is 2. The number of ether oxygens (including phenoxy) is 1. The van der Waals surface area contributed by atoms with Crippen LogP contribution in [0, 0.1) is 13.8 Å². The van der Waals surface area contributed by atoms with Crippen molar-refractivity contribution in [3.8, 4) is 5.75 Å². The quantitative estimate of drug-likeness (QED) is 0.916. The van der Waals surface area contributed by atoms with Crippen LogP contribution < -0.4 is 4.74 Å². The maximum absolute atomic E-state index is 11.0. The lowest BCUT2D eigenvalue weighted by Gasteiger charge is -2.12. The van der Waals surface area contributed by atoms with Gasteiger partial charge in [-0.2, -0.15) is 5.10 Å². The number of hydrogen-bond acceptors (Lipinski definition) is 3. The predicted molar refractivity (Wildman–Crippen MR) is 79.8 cm³/mol. The van der Waals surface area contributed by atoms with Crippen molar-refractivity contribution in [1.29, 1.82) is 0 Å². The molecule has 2 aromatic rings. The average Bonchev–Trinajstić information content (AvgIpc) is 2.86. The van der Waals surface area contributed by atoms with E-state index in [0.717, 1.165) is 22.6 Å². The molecular formula is C16H20N2O3. The van der Waals surface area contributed by atoms with Crippen molar-refractivity contribution in [2.75, 3.05) is 0 Å². The van der Waals surface area contributed by atoms with Crippen LogP contribution in [0.1, 0.15) is 47.1 Å². The van der Waals surface area contributed by atoms with E-state index in [9.17, 15) is 4.79 Å². The van der Waals surface area contributed by atoms with Crippen molar-refractivity contribution in [3.05, 3.63) is 46.8 Å². The number of carboxylic acids is 1. The first kappa shape index (κ1) is 15.1. The third kappa shape index (κ3) is 3.42. The number of aromatic carboxylic acids is 1. The minimum absolute atomic E-state index is 0.279. The van der Waals surface area contributed by atoms with E-state index in [1.54, 1.807) is 12.1 Å². The van der Waals surface area contributed by atoms with Gasteiger partial charge in [-0.1, -0.05) is 0 Å². The van der Waals surface area contributed by atoms with E-state index in [1.165, 1.54) is 0 Å². The molecule has 112 valence electrons. The van der Waals surface area contributed by atoms with Gasteiger partial charge in [0.25, 0.3) is 0 Å². The van der Waals surface area contributed by atoms with Gasteiger partial charge >= 0.3 is 5.97 Å². The maximum Gasteiger partial charge on any atom is 0.335 e. The van der Waals surface area contributed by atoms with Crippen LogP contribution in [0.2, 0.25) is 0 Å². The van der Waals surface area contributed by atoms with Crippen LogP contribution in [0.3, 0.4) is 0 Å². The fourth-order valence-electron chi connectivity index (χ4n) is 2.19. The molecule has 0 aliphatic rings. The van der Waals surface area contributed by atoms with Gasteiger partial charge in [-0.25, -0.2) is 4.79 Å². The maximum atomic E-state index is 11.0. The van der Waals surface area contributed by atoms with Gasteiger partial charge in [-0.15, -0.1) is 0 Å². The summed E-state index contributed by atoms with van der Waals surface area (Å²) in [6, 6.07) is 5.49. The van der Waals surface area contributed by atoms with Crippen molar-refractivity contribution >= 4 is 5.97 Å². The molecule has 0 unspecified atom stereocenters. The second-order valence-corrected chi connectivity index (χ2v) is 5.41. The number of carbonyl (C=O) groups is 1. The molecule has 1 aromatic heterocycles. The van der Waals surface area contributed by atoms with Crippen molar-refractivity contribution in [2.24, 2.45) is 0 Å². The molecule has 5 heteroatoms. The van der Waals surface area contributed by atoms with Crippen LogP contribution in [-0.2, 0) is 6.61 Å². The van der Waals surface area contributed by atoms with Gasteiger partial charge < -0.3 is 9.84 Å². The second-order valence-electron chi connectivity index (χ2n) is 5.41. The van der Waals surface area contributed by atoms with E-state index < -0.39 is 5.97 Å². The van der Waals surface area contributed by atoms with E-state index in [0.29, 0.717) is 12.6 Å². The Morgan fingerprint density at radius 3 is 2.43 bits per heavy atom. The van der Waals surface area contributed by atoms with Crippen LogP contribution in [0.25, 0.3) is 0 Å². The largest absolute Gasteiger partial charge is 0.487 e. The number of rotatable bonds is 5. The number of aromatic nitrogens is 2. The molecule has 0 spiro atoms. The summed E-state index contributed by atoms with van der Waals surface area (Å²) in [5.41, 5.74) is 2.76. The second kappa shape index (κ2) is 5.99. The molecule has 0 saturated heterocycles. The number of benzene rings is 1. The molecule has 1 aromatic carbocycles. The molecule has 2 rings (SSSR count). The molecule has 0 bridgehead atoms. The normalized spacial score (nSPS) is 10.9. The third-order valence-electron chi connectivity index (χ3n) is 3.26. The van der Waals surface area contributed by atoms with Gasteiger partial charge in [0, 0.05) is 12.2 Å². The standard InChI is InChI=1S/C16H20N2O3/c1-10(2)18-6-5-14(17-18)9-21-15-11(3)7-13(16(19)20)8-12(15)4/h5-8,10H,9H2,1-4H3,(H,19,20). The lowest BCUT2D eigenvalue weighted by Crippen LogP contribution is -2.05. The summed E-state index contributed by atoms with van der Waals surface area (Å²) in [6.07, 6.45) is 1.93. The summed E-state index contributed by atoms with van der Waals surface area (Å²) in [6.45, 7) is 8.20. The van der Waals surface area contributed by atoms with Crippen LogP contribution >= 0.6 is 0 Å². The SMILES string of the molecule is Cc1cc(C(=O)O)cc(C)c1OCc1ccn(C(C)C)n1. The highest BCUT2D eigenvalue weighted by Crippen LogP contribution is 2.25. The Morgan fingerprint density at radius 1 is 1.33 bits per heavy atom. The lowest BCUT2D eigenvalue weighted by atomic mass is 10.1. The van der Waals surface area contributed by atoms with Gasteiger partial charge in [0.2, 0.25) is 0 Å². The van der Waals surface area contributed by atoms with Crippen molar-refractivity contribution in [2.45, 2.75) is 40.3 Å². The average molecular weight is 288 g/mol. The summed E-state index contributed by atoms with van der Waals surface area (Å²) in [5, 5.41) is 13.5. The minimum Gasteiger partial charge on any atom is -0.487 e. The Kier molecular flexibility index (Phi) is 4.31. The summed E-state index contributed by atoms with van der Waals surface area (Å²) in [5.74, 6) is -0.206. The number of carboxylic acid groups (broad SMARTS) is 1. The Morgan fingerprint density at radius 2 is 1.95 bits per heavy atom. The topological polar surface area (TPSA) is 64.3 Å². The Balaban J connectivity index is 2.14. The molecule has 1 heterocycles. The van der Waals surface area contributed by atoms with E-state index in [4.69, 9.17) is 9.84 Å². The minimum atomic E-state index is -0.927. The summed E-state index contributed by atoms with van der Waals surface area (Å²) < 4.78 is 7.69. The van der Waals surface area contributed by atoms with Crippen LogP contribution in [0.15, 0.2) is 24.4 Å². The highest BCUT2D eigenvalue weighted by atomic mass is 16.5. The monoisotopic (exact) mass is 288 g/mol. The highest BCUT2D eigenvalue weighted by molar-refractivity contribution is 5.88. The van der Waals surface area contributed by atoms with Crippen molar-refractivity contribution in [3.63, 3.8) is 0 Å². The molecular weight excluding hydrogens is 268 g/mol. The first-order valence-corrected chi connectivity index (χ1v) is 6.90. The lowest BCUT2D eigenvalue weighted by molar-refractivity contribution is 0.0696. The van der Waals surface area contributed by atoms with Crippen molar-refractivity contribution < 1.29 is 14.6 Å². The molecule has 0 radical (unpaired) electrons. The molecule has 0 aliphatic heterocycles. The van der Waals surface area contributed by atoms with Gasteiger partial charge in [0.05, 0.1) is 11.3 Å². The Labute approximate surface area is 124 Å². The Hall–Kier alpha value is -2.30. The smallest absolute Gasteiger partial charge is 0.335 e. The Bertz CT molecular complexity index is 636. The molecule has 0 fully saturated rings. The summed E-state index contributed by atoms with van der Waals surface area (Å²) in [7, 11) is 0. The first-order valence-electron chi connectivity index (χ1n) is 6.90. The molecule has 5 nitrogen and oxygen atoms in total. The number of aryl methyl sites for hydroxylation is 2. The van der Waals surface area contributed by atoms with Gasteiger partial charge in [-0.05, 0) is 57.0 Å². The first-order chi connectivity index (χ1) is 9.88. The zero-order chi connectivity index (χ0) is 15.6. The third-order valence-corrected chi connectivity index (χ3v) is 3.26. The van der Waals surface area contributed by atoms with Crippen LogP contribution in [-0.4, -0.2) is 20.9 Å². The van der Waals surface area contributed by atoms with Gasteiger partial charge in [0.15, 0.2) is 0 Å². The number of hydrogen-bond donors (Lipinski definition) is 1.